The molecule has 0 spiro atoms. The zero-order valence-electron chi connectivity index (χ0n) is 11.3. The number of likely N-dealkylation sites (N-methyl/N-ethyl adjacent to an activating group) is 1. The largest absolute Gasteiger partial charge is 0.395 e. The van der Waals surface area contributed by atoms with E-state index < -0.39 is 0 Å². The molecule has 0 saturated carbocycles. The van der Waals surface area contributed by atoms with E-state index in [1.54, 1.807) is 0 Å². The number of aliphatic hydroxyl groups is 1. The Balaban J connectivity index is 1.98. The Hall–Kier alpha value is -0.900. The average Bonchev–Trinajstić information content (AvgIpc) is 2.42. The summed E-state index contributed by atoms with van der Waals surface area (Å²) in [6, 6.07) is 10.6. The van der Waals surface area contributed by atoms with E-state index >= 15 is 0 Å². The maximum atomic E-state index is 9.09. The van der Waals surface area contributed by atoms with E-state index in [-0.39, 0.29) is 12.6 Å². The molecule has 1 aromatic rings. The highest BCUT2D eigenvalue weighted by molar-refractivity contribution is 5.14. The second-order valence-corrected chi connectivity index (χ2v) is 4.43. The Bertz CT molecular complexity index is 290. The van der Waals surface area contributed by atoms with Crippen molar-refractivity contribution in [1.29, 1.82) is 0 Å². The minimum absolute atomic E-state index is 0.170. The Kier molecular flexibility index (Phi) is 8.47. The van der Waals surface area contributed by atoms with Gasteiger partial charge in [0.05, 0.1) is 6.61 Å². The fourth-order valence-electron chi connectivity index (χ4n) is 1.90. The Morgan fingerprint density at radius 3 is 2.67 bits per heavy atom. The number of rotatable bonds is 10. The van der Waals surface area contributed by atoms with Crippen LogP contribution in [0.5, 0.6) is 0 Å². The van der Waals surface area contributed by atoms with Crippen LogP contribution in [0.4, 0.5) is 0 Å². The summed E-state index contributed by atoms with van der Waals surface area (Å²) in [6.45, 7) is 4.62. The standard InChI is InChI=1S/C15H25NO2/c1-2-16-15(13-17)10-12-18-11-6-9-14-7-4-3-5-8-14/h3-5,7-8,15-17H,2,6,9-13H2,1H3. The monoisotopic (exact) mass is 251 g/mol. The van der Waals surface area contributed by atoms with Crippen LogP contribution in [0.3, 0.4) is 0 Å². The van der Waals surface area contributed by atoms with Crippen LogP contribution in [0.2, 0.25) is 0 Å². The van der Waals surface area contributed by atoms with Crippen LogP contribution in [0.15, 0.2) is 30.3 Å². The molecule has 0 radical (unpaired) electrons. The highest BCUT2D eigenvalue weighted by Crippen LogP contribution is 2.02. The Labute approximate surface area is 110 Å². The minimum atomic E-state index is 0.170. The zero-order chi connectivity index (χ0) is 13.1. The summed E-state index contributed by atoms with van der Waals surface area (Å²) in [6.07, 6.45) is 2.99. The first-order valence-corrected chi connectivity index (χ1v) is 6.82. The van der Waals surface area contributed by atoms with Crippen molar-refractivity contribution in [3.63, 3.8) is 0 Å². The SMILES string of the molecule is CCNC(CO)CCOCCCc1ccccc1. The summed E-state index contributed by atoms with van der Waals surface area (Å²) in [5.41, 5.74) is 1.36. The van der Waals surface area contributed by atoms with E-state index in [0.29, 0.717) is 6.61 Å². The molecule has 0 fully saturated rings. The third-order valence-corrected chi connectivity index (χ3v) is 2.92. The van der Waals surface area contributed by atoms with Gasteiger partial charge in [0.25, 0.3) is 0 Å². The predicted octanol–water partition coefficient (Wildman–Crippen LogP) is 2.00. The van der Waals surface area contributed by atoms with Crippen LogP contribution >= 0.6 is 0 Å². The molecule has 18 heavy (non-hydrogen) atoms. The topological polar surface area (TPSA) is 41.5 Å². The van der Waals surface area contributed by atoms with Crippen LogP contribution < -0.4 is 5.32 Å². The molecule has 1 rings (SSSR count). The van der Waals surface area contributed by atoms with E-state index in [2.05, 4.69) is 29.6 Å². The number of aliphatic hydroxyl groups excluding tert-OH is 1. The van der Waals surface area contributed by atoms with Crippen molar-refractivity contribution in [3.8, 4) is 0 Å². The molecule has 0 aliphatic heterocycles. The van der Waals surface area contributed by atoms with Crippen LogP contribution in [-0.2, 0) is 11.2 Å². The van der Waals surface area contributed by atoms with Gasteiger partial charge in [0.15, 0.2) is 0 Å². The van der Waals surface area contributed by atoms with Crippen molar-refractivity contribution in [3.05, 3.63) is 35.9 Å². The molecule has 1 atom stereocenters. The van der Waals surface area contributed by atoms with Gasteiger partial charge in [0.1, 0.15) is 0 Å². The lowest BCUT2D eigenvalue weighted by atomic mass is 10.1. The maximum Gasteiger partial charge on any atom is 0.0585 e. The summed E-state index contributed by atoms with van der Waals surface area (Å²) in [4.78, 5) is 0. The van der Waals surface area contributed by atoms with Gasteiger partial charge in [-0.15, -0.1) is 0 Å². The molecule has 0 heterocycles. The molecular formula is C15H25NO2. The van der Waals surface area contributed by atoms with Crippen molar-refractivity contribution >= 4 is 0 Å². The van der Waals surface area contributed by atoms with Gasteiger partial charge in [-0.2, -0.15) is 0 Å². The van der Waals surface area contributed by atoms with Crippen LogP contribution in [0.25, 0.3) is 0 Å². The summed E-state index contributed by atoms with van der Waals surface area (Å²) in [5.74, 6) is 0. The van der Waals surface area contributed by atoms with Crippen molar-refractivity contribution in [2.24, 2.45) is 0 Å². The first kappa shape index (κ1) is 15.2. The van der Waals surface area contributed by atoms with Gasteiger partial charge in [0.2, 0.25) is 0 Å². The van der Waals surface area contributed by atoms with Gasteiger partial charge >= 0.3 is 0 Å². The molecule has 102 valence electrons. The molecule has 0 aliphatic carbocycles. The number of aryl methyl sites for hydroxylation is 1. The lowest BCUT2D eigenvalue weighted by Gasteiger charge is -2.14. The Morgan fingerprint density at radius 1 is 1.22 bits per heavy atom. The van der Waals surface area contributed by atoms with E-state index in [9.17, 15) is 0 Å². The Morgan fingerprint density at radius 2 is 2.00 bits per heavy atom. The molecule has 1 aromatic carbocycles. The van der Waals surface area contributed by atoms with Gasteiger partial charge < -0.3 is 15.2 Å². The highest BCUT2D eigenvalue weighted by Gasteiger charge is 2.04. The second-order valence-electron chi connectivity index (χ2n) is 4.43. The molecule has 0 bridgehead atoms. The molecule has 1 unspecified atom stereocenters. The number of benzene rings is 1. The molecule has 2 N–H and O–H groups in total. The van der Waals surface area contributed by atoms with Crippen LogP contribution in [-0.4, -0.2) is 37.5 Å². The fourth-order valence-corrected chi connectivity index (χ4v) is 1.90. The molecule has 3 heteroatoms. The van der Waals surface area contributed by atoms with E-state index in [1.165, 1.54) is 5.56 Å². The minimum Gasteiger partial charge on any atom is -0.395 e. The predicted molar refractivity (Wildman–Crippen MR) is 74.7 cm³/mol. The molecule has 0 amide bonds. The molecule has 0 aliphatic rings. The second kappa shape index (κ2) is 10.1. The third kappa shape index (κ3) is 6.74. The average molecular weight is 251 g/mol. The van der Waals surface area contributed by atoms with Crippen molar-refractivity contribution in [2.45, 2.75) is 32.2 Å². The van der Waals surface area contributed by atoms with Crippen molar-refractivity contribution in [2.75, 3.05) is 26.4 Å². The summed E-state index contributed by atoms with van der Waals surface area (Å²) >= 11 is 0. The fraction of sp³-hybridized carbons (Fsp3) is 0.600. The normalized spacial score (nSPS) is 12.6. The molecular weight excluding hydrogens is 226 g/mol. The van der Waals surface area contributed by atoms with Crippen molar-refractivity contribution < 1.29 is 9.84 Å². The number of ether oxygens (including phenoxy) is 1. The smallest absolute Gasteiger partial charge is 0.0585 e. The first-order chi connectivity index (χ1) is 8.86. The van der Waals surface area contributed by atoms with E-state index in [4.69, 9.17) is 9.84 Å². The first-order valence-electron chi connectivity index (χ1n) is 6.82. The number of hydrogen-bond acceptors (Lipinski definition) is 3. The lowest BCUT2D eigenvalue weighted by molar-refractivity contribution is 0.112. The quantitative estimate of drug-likeness (QED) is 0.625. The maximum absolute atomic E-state index is 9.09. The molecule has 0 aromatic heterocycles. The molecule has 0 saturated heterocycles. The van der Waals surface area contributed by atoms with Crippen molar-refractivity contribution in [1.82, 2.24) is 5.32 Å². The van der Waals surface area contributed by atoms with E-state index in [0.717, 1.165) is 32.4 Å². The summed E-state index contributed by atoms with van der Waals surface area (Å²) in [5, 5.41) is 12.3. The zero-order valence-corrected chi connectivity index (χ0v) is 11.3. The summed E-state index contributed by atoms with van der Waals surface area (Å²) < 4.78 is 5.58. The summed E-state index contributed by atoms with van der Waals surface area (Å²) in [7, 11) is 0. The van der Waals surface area contributed by atoms with Gasteiger partial charge in [-0.05, 0) is 31.4 Å². The lowest BCUT2D eigenvalue weighted by Crippen LogP contribution is -2.33. The number of hydrogen-bond donors (Lipinski definition) is 2. The number of nitrogens with one attached hydrogen (secondary N) is 1. The van der Waals surface area contributed by atoms with Crippen LogP contribution in [0, 0.1) is 0 Å². The van der Waals surface area contributed by atoms with Gasteiger partial charge in [0, 0.05) is 19.3 Å². The highest BCUT2D eigenvalue weighted by atomic mass is 16.5. The third-order valence-electron chi connectivity index (χ3n) is 2.92. The van der Waals surface area contributed by atoms with Crippen LogP contribution in [0.1, 0.15) is 25.3 Å². The van der Waals surface area contributed by atoms with E-state index in [1.807, 2.05) is 13.0 Å². The van der Waals surface area contributed by atoms with Gasteiger partial charge in [-0.25, -0.2) is 0 Å². The molecule has 3 nitrogen and oxygen atoms in total. The van der Waals surface area contributed by atoms with Gasteiger partial charge in [-0.1, -0.05) is 37.3 Å². The van der Waals surface area contributed by atoms with Gasteiger partial charge in [-0.3, -0.25) is 0 Å².